The lowest BCUT2D eigenvalue weighted by Crippen LogP contribution is -2.00. The fourth-order valence-electron chi connectivity index (χ4n) is 2.03. The van der Waals surface area contributed by atoms with E-state index in [1.807, 2.05) is 26.0 Å². The van der Waals surface area contributed by atoms with Crippen molar-refractivity contribution < 1.29 is 4.39 Å². The first kappa shape index (κ1) is 14.4. The molecule has 0 aliphatic rings. The highest BCUT2D eigenvalue weighted by molar-refractivity contribution is 6.33. The molecule has 19 heavy (non-hydrogen) atoms. The molecule has 100 valence electrons. The summed E-state index contributed by atoms with van der Waals surface area (Å²) < 4.78 is 14.1. The molecule has 1 atom stereocenters. The molecule has 1 unspecified atom stereocenters. The first-order valence-electron chi connectivity index (χ1n) is 6.07. The molecule has 0 radical (unpaired) electrons. The van der Waals surface area contributed by atoms with Crippen LogP contribution in [-0.2, 0) is 0 Å². The third-order valence-electron chi connectivity index (χ3n) is 3.38. The standard InChI is InChI=1S/C16H15Cl2F/c1-9-5-4-6-12(16(9)19)15(18)13-7-10(2)11(3)8-14(13)17/h4-8,15H,1-3H3. The molecule has 0 spiro atoms. The zero-order valence-corrected chi connectivity index (χ0v) is 12.6. The van der Waals surface area contributed by atoms with E-state index in [4.69, 9.17) is 23.2 Å². The molecule has 2 aromatic carbocycles. The van der Waals surface area contributed by atoms with Gasteiger partial charge in [0, 0.05) is 10.6 Å². The number of rotatable bonds is 2. The second-order valence-electron chi connectivity index (χ2n) is 4.80. The van der Waals surface area contributed by atoms with E-state index in [-0.39, 0.29) is 5.82 Å². The molecule has 3 heteroatoms. The Balaban J connectivity index is 2.53. The number of aryl methyl sites for hydroxylation is 3. The van der Waals surface area contributed by atoms with Crippen molar-refractivity contribution in [1.29, 1.82) is 0 Å². The van der Waals surface area contributed by atoms with Crippen LogP contribution in [0.5, 0.6) is 0 Å². The predicted molar refractivity (Wildman–Crippen MR) is 79.8 cm³/mol. The minimum absolute atomic E-state index is 0.267. The summed E-state index contributed by atoms with van der Waals surface area (Å²) in [5.74, 6) is -0.267. The number of benzene rings is 2. The summed E-state index contributed by atoms with van der Waals surface area (Å²) in [7, 11) is 0. The van der Waals surface area contributed by atoms with E-state index < -0.39 is 5.38 Å². The van der Waals surface area contributed by atoms with E-state index in [0.29, 0.717) is 16.1 Å². The van der Waals surface area contributed by atoms with Gasteiger partial charge in [0.2, 0.25) is 0 Å². The fraction of sp³-hybridized carbons (Fsp3) is 0.250. The van der Waals surface area contributed by atoms with Gasteiger partial charge in [0.25, 0.3) is 0 Å². The SMILES string of the molecule is Cc1cc(Cl)c(C(Cl)c2cccc(C)c2F)cc1C. The smallest absolute Gasteiger partial charge is 0.131 e. The summed E-state index contributed by atoms with van der Waals surface area (Å²) in [6.45, 7) is 5.71. The molecule has 0 saturated carbocycles. The third kappa shape index (κ3) is 2.77. The number of hydrogen-bond acceptors (Lipinski definition) is 0. The Morgan fingerprint density at radius 3 is 2.26 bits per heavy atom. The summed E-state index contributed by atoms with van der Waals surface area (Å²) in [6.07, 6.45) is 0. The monoisotopic (exact) mass is 296 g/mol. The van der Waals surface area contributed by atoms with Crippen molar-refractivity contribution in [1.82, 2.24) is 0 Å². The molecule has 0 N–H and O–H groups in total. The van der Waals surface area contributed by atoms with Crippen molar-refractivity contribution in [3.63, 3.8) is 0 Å². The second-order valence-corrected chi connectivity index (χ2v) is 5.64. The van der Waals surface area contributed by atoms with Crippen LogP contribution in [0.3, 0.4) is 0 Å². The summed E-state index contributed by atoms with van der Waals surface area (Å²) >= 11 is 12.6. The van der Waals surface area contributed by atoms with Crippen LogP contribution in [0, 0.1) is 26.6 Å². The molecule has 0 aromatic heterocycles. The van der Waals surface area contributed by atoms with Gasteiger partial charge in [0.05, 0.1) is 5.38 Å². The Bertz CT molecular complexity index is 620. The minimum atomic E-state index is -0.577. The Kier molecular flexibility index (Phi) is 4.17. The molecule has 0 amide bonds. The van der Waals surface area contributed by atoms with E-state index >= 15 is 0 Å². The van der Waals surface area contributed by atoms with Gasteiger partial charge in [-0.2, -0.15) is 0 Å². The largest absolute Gasteiger partial charge is 0.206 e. The highest BCUT2D eigenvalue weighted by Crippen LogP contribution is 2.36. The van der Waals surface area contributed by atoms with Gasteiger partial charge in [-0.3, -0.25) is 0 Å². The maximum Gasteiger partial charge on any atom is 0.131 e. The van der Waals surface area contributed by atoms with Crippen LogP contribution < -0.4 is 0 Å². The Morgan fingerprint density at radius 2 is 1.58 bits per heavy atom. The van der Waals surface area contributed by atoms with Crippen LogP contribution in [-0.4, -0.2) is 0 Å². The molecular weight excluding hydrogens is 282 g/mol. The van der Waals surface area contributed by atoms with Crippen LogP contribution in [0.15, 0.2) is 30.3 Å². The fourth-order valence-corrected chi connectivity index (χ4v) is 2.76. The molecule has 0 bridgehead atoms. The molecule has 0 heterocycles. The Labute approximate surface area is 123 Å². The summed E-state index contributed by atoms with van der Waals surface area (Å²) in [5, 5.41) is -0.00398. The van der Waals surface area contributed by atoms with Gasteiger partial charge in [-0.25, -0.2) is 4.39 Å². The molecule has 0 nitrogen and oxygen atoms in total. The molecule has 0 aliphatic carbocycles. The zero-order chi connectivity index (χ0) is 14.2. The molecule has 0 saturated heterocycles. The van der Waals surface area contributed by atoms with Crippen LogP contribution >= 0.6 is 23.2 Å². The number of hydrogen-bond donors (Lipinski definition) is 0. The summed E-state index contributed by atoms with van der Waals surface area (Å²) in [5.41, 5.74) is 3.99. The maximum atomic E-state index is 14.1. The van der Waals surface area contributed by atoms with Gasteiger partial charge in [-0.15, -0.1) is 11.6 Å². The lowest BCUT2D eigenvalue weighted by molar-refractivity contribution is 0.603. The van der Waals surface area contributed by atoms with Gasteiger partial charge < -0.3 is 0 Å². The zero-order valence-electron chi connectivity index (χ0n) is 11.1. The molecule has 0 aliphatic heterocycles. The van der Waals surface area contributed by atoms with Crippen molar-refractivity contribution in [2.45, 2.75) is 26.1 Å². The van der Waals surface area contributed by atoms with E-state index in [9.17, 15) is 4.39 Å². The minimum Gasteiger partial charge on any atom is -0.206 e. The highest BCUT2D eigenvalue weighted by atomic mass is 35.5. The van der Waals surface area contributed by atoms with Crippen molar-refractivity contribution in [2.24, 2.45) is 0 Å². The van der Waals surface area contributed by atoms with Crippen LogP contribution in [0.2, 0.25) is 5.02 Å². The Hall–Kier alpha value is -1.05. The maximum absolute atomic E-state index is 14.1. The first-order chi connectivity index (χ1) is 8.91. The van der Waals surface area contributed by atoms with Gasteiger partial charge in [0.1, 0.15) is 5.82 Å². The third-order valence-corrected chi connectivity index (χ3v) is 4.18. The first-order valence-corrected chi connectivity index (χ1v) is 6.89. The highest BCUT2D eigenvalue weighted by Gasteiger charge is 2.19. The van der Waals surface area contributed by atoms with E-state index in [1.54, 1.807) is 25.1 Å². The number of halogens is 3. The molecule has 0 fully saturated rings. The van der Waals surface area contributed by atoms with Crippen molar-refractivity contribution >= 4 is 23.2 Å². The lowest BCUT2D eigenvalue weighted by Gasteiger charge is -2.16. The van der Waals surface area contributed by atoms with E-state index in [2.05, 4.69) is 0 Å². The van der Waals surface area contributed by atoms with Crippen molar-refractivity contribution in [3.05, 3.63) is 69.0 Å². The predicted octanol–water partition coefficient (Wildman–Crippen LogP) is 5.73. The van der Waals surface area contributed by atoms with Gasteiger partial charge >= 0.3 is 0 Å². The summed E-state index contributed by atoms with van der Waals surface area (Å²) in [4.78, 5) is 0. The topological polar surface area (TPSA) is 0 Å². The molecule has 2 aromatic rings. The second kappa shape index (κ2) is 5.52. The van der Waals surface area contributed by atoms with E-state index in [1.165, 1.54) is 0 Å². The average molecular weight is 297 g/mol. The van der Waals surface area contributed by atoms with Crippen LogP contribution in [0.25, 0.3) is 0 Å². The van der Waals surface area contributed by atoms with Gasteiger partial charge in [-0.1, -0.05) is 35.9 Å². The van der Waals surface area contributed by atoms with Crippen molar-refractivity contribution in [3.8, 4) is 0 Å². The van der Waals surface area contributed by atoms with E-state index in [0.717, 1.165) is 16.7 Å². The van der Waals surface area contributed by atoms with Gasteiger partial charge in [0.15, 0.2) is 0 Å². The Morgan fingerprint density at radius 1 is 0.947 bits per heavy atom. The average Bonchev–Trinajstić information content (AvgIpc) is 2.36. The van der Waals surface area contributed by atoms with Gasteiger partial charge in [-0.05, 0) is 49.1 Å². The molecule has 2 rings (SSSR count). The summed E-state index contributed by atoms with van der Waals surface area (Å²) in [6, 6.07) is 9.03. The van der Waals surface area contributed by atoms with Crippen molar-refractivity contribution in [2.75, 3.05) is 0 Å². The normalized spacial score (nSPS) is 12.5. The van der Waals surface area contributed by atoms with Crippen LogP contribution in [0.1, 0.15) is 33.2 Å². The molecular formula is C16H15Cl2F. The quantitative estimate of drug-likeness (QED) is 0.621. The van der Waals surface area contributed by atoms with Crippen LogP contribution in [0.4, 0.5) is 4.39 Å². The number of alkyl halides is 1. The lowest BCUT2D eigenvalue weighted by atomic mass is 9.98.